The van der Waals surface area contributed by atoms with Crippen LogP contribution in [0.15, 0.2) is 0 Å². The van der Waals surface area contributed by atoms with Gasteiger partial charge in [0.15, 0.2) is 6.10 Å². The summed E-state index contributed by atoms with van der Waals surface area (Å²) in [7, 11) is 0. The fraction of sp³-hybridized carbons (Fsp3) is 0.692. The van der Waals surface area contributed by atoms with E-state index in [9.17, 15) is 32.3 Å². The minimum absolute atomic E-state index is 0.371. The molecule has 1 fully saturated rings. The fourth-order valence-corrected chi connectivity index (χ4v) is 2.16. The topological polar surface area (TPSA) is 108 Å². The molecule has 4 atom stereocenters. The van der Waals surface area contributed by atoms with Crippen molar-refractivity contribution in [1.82, 2.24) is 5.32 Å². The zero-order valence-electron chi connectivity index (χ0n) is 13.0. The lowest BCUT2D eigenvalue weighted by Crippen LogP contribution is -2.45. The molecular formula is C13H16F3NO7. The normalized spacial score (nSPS) is 23.0. The van der Waals surface area contributed by atoms with Gasteiger partial charge in [0.2, 0.25) is 0 Å². The van der Waals surface area contributed by atoms with Crippen LogP contribution >= 0.6 is 0 Å². The second-order valence-corrected chi connectivity index (χ2v) is 5.12. The quantitative estimate of drug-likeness (QED) is 0.556. The Balaban J connectivity index is 2.83. The van der Waals surface area contributed by atoms with E-state index in [1.807, 2.05) is 0 Å². The molecule has 1 saturated heterocycles. The van der Waals surface area contributed by atoms with E-state index in [0.29, 0.717) is 0 Å². The van der Waals surface area contributed by atoms with E-state index in [-0.39, 0.29) is 6.42 Å². The van der Waals surface area contributed by atoms with Gasteiger partial charge >= 0.3 is 30.0 Å². The Labute approximate surface area is 134 Å². The van der Waals surface area contributed by atoms with E-state index in [4.69, 9.17) is 14.2 Å². The SMILES string of the molecule is CC(=O)O[C@H]([C@@H](C)OC(C)=O)[C@H]1C[C@@H](NC(=O)C(F)(F)F)C(=O)O1. The summed E-state index contributed by atoms with van der Waals surface area (Å²) in [6.45, 7) is 3.53. The van der Waals surface area contributed by atoms with Crippen molar-refractivity contribution in [2.24, 2.45) is 0 Å². The number of halogens is 3. The Hall–Kier alpha value is -2.33. The van der Waals surface area contributed by atoms with Crippen LogP contribution < -0.4 is 5.32 Å². The molecule has 0 aliphatic carbocycles. The number of cyclic esters (lactones) is 1. The third-order valence-electron chi connectivity index (χ3n) is 3.07. The third-order valence-corrected chi connectivity index (χ3v) is 3.07. The number of carbonyl (C=O) groups excluding carboxylic acids is 4. The van der Waals surface area contributed by atoms with Crippen LogP contribution in [0.25, 0.3) is 0 Å². The third kappa shape index (κ3) is 5.39. The average Bonchev–Trinajstić information content (AvgIpc) is 2.75. The van der Waals surface area contributed by atoms with Crippen LogP contribution in [0, 0.1) is 0 Å². The Morgan fingerprint density at radius 3 is 2.21 bits per heavy atom. The van der Waals surface area contributed by atoms with Crippen LogP contribution in [0.5, 0.6) is 0 Å². The highest BCUT2D eigenvalue weighted by molar-refractivity contribution is 5.88. The van der Waals surface area contributed by atoms with Gasteiger partial charge in [0, 0.05) is 20.3 Å². The van der Waals surface area contributed by atoms with Crippen LogP contribution in [-0.4, -0.2) is 54.3 Å². The summed E-state index contributed by atoms with van der Waals surface area (Å²) in [6, 6.07) is -1.55. The molecule has 0 radical (unpaired) electrons. The van der Waals surface area contributed by atoms with Crippen molar-refractivity contribution in [2.75, 3.05) is 0 Å². The molecule has 24 heavy (non-hydrogen) atoms. The van der Waals surface area contributed by atoms with E-state index >= 15 is 0 Å². The molecule has 1 aliphatic heterocycles. The van der Waals surface area contributed by atoms with Crippen LogP contribution in [0.2, 0.25) is 0 Å². The van der Waals surface area contributed by atoms with Gasteiger partial charge in [-0.1, -0.05) is 0 Å². The molecule has 8 nitrogen and oxygen atoms in total. The summed E-state index contributed by atoms with van der Waals surface area (Å²) in [6.07, 6.45) is -8.93. The highest BCUT2D eigenvalue weighted by Crippen LogP contribution is 2.25. The number of alkyl halides is 3. The van der Waals surface area contributed by atoms with E-state index in [2.05, 4.69) is 0 Å². The van der Waals surface area contributed by atoms with E-state index in [1.54, 1.807) is 0 Å². The predicted octanol–water partition coefficient (Wildman–Crippen LogP) is 0.232. The van der Waals surface area contributed by atoms with E-state index in [0.717, 1.165) is 13.8 Å². The average molecular weight is 355 g/mol. The van der Waals surface area contributed by atoms with Gasteiger partial charge in [-0.3, -0.25) is 14.4 Å². The zero-order chi connectivity index (χ0) is 18.7. The van der Waals surface area contributed by atoms with E-state index in [1.165, 1.54) is 12.2 Å². The first kappa shape index (κ1) is 19.7. The lowest BCUT2D eigenvalue weighted by molar-refractivity contribution is -0.177. The molecule has 0 aromatic heterocycles. The lowest BCUT2D eigenvalue weighted by atomic mass is 10.0. The number of esters is 3. The van der Waals surface area contributed by atoms with Crippen LogP contribution in [0.1, 0.15) is 27.2 Å². The maximum Gasteiger partial charge on any atom is 0.471 e. The first-order valence-electron chi connectivity index (χ1n) is 6.84. The lowest BCUT2D eigenvalue weighted by Gasteiger charge is -2.27. The minimum atomic E-state index is -5.15. The largest absolute Gasteiger partial charge is 0.471 e. The monoisotopic (exact) mass is 355 g/mol. The second kappa shape index (κ2) is 7.49. The molecule has 0 unspecified atom stereocenters. The zero-order valence-corrected chi connectivity index (χ0v) is 13.0. The van der Waals surface area contributed by atoms with E-state index < -0.39 is 54.3 Å². The van der Waals surface area contributed by atoms with Crippen molar-refractivity contribution in [2.45, 2.75) is 57.7 Å². The van der Waals surface area contributed by atoms with Crippen molar-refractivity contribution in [3.05, 3.63) is 0 Å². The van der Waals surface area contributed by atoms with Crippen LogP contribution in [-0.2, 0) is 33.4 Å². The van der Waals surface area contributed by atoms with Crippen molar-refractivity contribution >= 4 is 23.8 Å². The molecule has 1 aliphatic rings. The maximum absolute atomic E-state index is 12.2. The van der Waals surface area contributed by atoms with Gasteiger partial charge in [-0.15, -0.1) is 0 Å². The number of hydrogen-bond acceptors (Lipinski definition) is 7. The molecule has 1 rings (SSSR count). The standard InChI is InChI=1S/C13H16F3NO7/c1-5(22-6(2)18)10(23-7(3)19)9-4-8(11(20)24-9)17-12(21)13(14,15)16/h5,8-10H,4H2,1-3H3,(H,17,21)/t5-,8-,9-,10-/m1/s1. The molecule has 0 bridgehead atoms. The van der Waals surface area contributed by atoms with Crippen molar-refractivity contribution in [3.63, 3.8) is 0 Å². The van der Waals surface area contributed by atoms with Gasteiger partial charge in [0.1, 0.15) is 18.2 Å². The molecule has 1 N–H and O–H groups in total. The van der Waals surface area contributed by atoms with Gasteiger partial charge in [0.25, 0.3) is 0 Å². The highest BCUT2D eigenvalue weighted by atomic mass is 19.4. The van der Waals surface area contributed by atoms with Gasteiger partial charge in [-0.2, -0.15) is 13.2 Å². The Bertz CT molecular complexity index is 534. The molecule has 0 aromatic rings. The molecule has 1 heterocycles. The summed E-state index contributed by atoms with van der Waals surface area (Å²) in [4.78, 5) is 44.7. The molecule has 136 valence electrons. The maximum atomic E-state index is 12.2. The number of ether oxygens (including phenoxy) is 3. The predicted molar refractivity (Wildman–Crippen MR) is 69.3 cm³/mol. The number of nitrogens with one attached hydrogen (secondary N) is 1. The minimum Gasteiger partial charge on any atom is -0.459 e. The van der Waals surface area contributed by atoms with Gasteiger partial charge in [-0.25, -0.2) is 4.79 Å². The molecule has 11 heteroatoms. The highest BCUT2D eigenvalue weighted by Gasteiger charge is 2.47. The number of amides is 1. The summed E-state index contributed by atoms with van der Waals surface area (Å²) in [5, 5.41) is 1.50. The summed E-state index contributed by atoms with van der Waals surface area (Å²) < 4.78 is 51.4. The summed E-state index contributed by atoms with van der Waals surface area (Å²) >= 11 is 0. The smallest absolute Gasteiger partial charge is 0.459 e. The molecule has 0 saturated carbocycles. The molecular weight excluding hydrogens is 339 g/mol. The van der Waals surface area contributed by atoms with Crippen molar-refractivity contribution in [1.29, 1.82) is 0 Å². The van der Waals surface area contributed by atoms with Gasteiger partial charge in [-0.05, 0) is 6.92 Å². The fourth-order valence-electron chi connectivity index (χ4n) is 2.16. The van der Waals surface area contributed by atoms with Crippen LogP contribution in [0.4, 0.5) is 13.2 Å². The first-order chi connectivity index (χ1) is 10.9. The molecule has 1 amide bonds. The first-order valence-corrected chi connectivity index (χ1v) is 6.84. The van der Waals surface area contributed by atoms with Crippen LogP contribution in [0.3, 0.4) is 0 Å². The Kier molecular flexibility index (Phi) is 6.16. The molecule has 0 aromatic carbocycles. The molecule has 0 spiro atoms. The van der Waals surface area contributed by atoms with Crippen molar-refractivity contribution in [3.8, 4) is 0 Å². The number of hydrogen-bond donors (Lipinski definition) is 1. The summed E-state index contributed by atoms with van der Waals surface area (Å²) in [5.41, 5.74) is 0. The Morgan fingerprint density at radius 1 is 1.21 bits per heavy atom. The van der Waals surface area contributed by atoms with Gasteiger partial charge in [0.05, 0.1) is 0 Å². The second-order valence-electron chi connectivity index (χ2n) is 5.12. The van der Waals surface area contributed by atoms with Gasteiger partial charge < -0.3 is 19.5 Å². The Morgan fingerprint density at radius 2 is 1.75 bits per heavy atom. The van der Waals surface area contributed by atoms with Crippen molar-refractivity contribution < 1.29 is 46.6 Å². The number of carbonyl (C=O) groups is 4. The number of rotatable bonds is 5. The summed E-state index contributed by atoms with van der Waals surface area (Å²) in [5.74, 6) is -4.85.